The number of anilines is 4. The number of piperidine rings is 1. The summed E-state index contributed by atoms with van der Waals surface area (Å²) >= 11 is 1.49. The van der Waals surface area contributed by atoms with Gasteiger partial charge >= 0.3 is 5.97 Å². The lowest BCUT2D eigenvalue weighted by Crippen LogP contribution is -2.29. The maximum atomic E-state index is 10.8. The maximum absolute atomic E-state index is 10.8. The number of hydrogen-bond acceptors (Lipinski definition) is 9. The number of carboxylic acid groups (broad SMARTS) is 1. The van der Waals surface area contributed by atoms with Crippen LogP contribution >= 0.6 is 11.3 Å². The summed E-state index contributed by atoms with van der Waals surface area (Å²) in [6.07, 6.45) is 6.10. The predicted molar refractivity (Wildman–Crippen MR) is 138 cm³/mol. The molecule has 0 saturated carbocycles. The van der Waals surface area contributed by atoms with Gasteiger partial charge in [-0.2, -0.15) is 4.98 Å². The first kappa shape index (κ1) is 23.1. The van der Waals surface area contributed by atoms with Crippen molar-refractivity contribution in [2.45, 2.75) is 38.6 Å². The molecule has 0 bridgehead atoms. The molecule has 1 aliphatic heterocycles. The Morgan fingerprint density at radius 2 is 1.86 bits per heavy atom. The Labute approximate surface area is 207 Å². The van der Waals surface area contributed by atoms with Crippen LogP contribution in [0.5, 0.6) is 0 Å². The molecular weight excluding hydrogens is 462 g/mol. The summed E-state index contributed by atoms with van der Waals surface area (Å²) in [5, 5.41) is 16.3. The monoisotopic (exact) mass is 489 g/mol. The number of hydrogen-bond donors (Lipinski definition) is 3. The molecule has 3 aromatic heterocycles. The largest absolute Gasteiger partial charge is 0.481 e. The third kappa shape index (κ3) is 6.28. The van der Waals surface area contributed by atoms with Crippen LogP contribution in [0.1, 0.15) is 36.9 Å². The van der Waals surface area contributed by atoms with Crippen molar-refractivity contribution in [2.75, 3.05) is 23.7 Å². The van der Waals surface area contributed by atoms with Crippen LogP contribution in [0, 0.1) is 0 Å². The molecule has 5 rings (SSSR count). The molecule has 4 aromatic rings. The van der Waals surface area contributed by atoms with Crippen LogP contribution in [0.4, 0.5) is 22.6 Å². The number of rotatable bonds is 9. The van der Waals surface area contributed by atoms with Crippen molar-refractivity contribution in [3.05, 3.63) is 59.9 Å². The van der Waals surface area contributed by atoms with E-state index in [9.17, 15) is 4.79 Å². The Hall–Kier alpha value is -3.63. The van der Waals surface area contributed by atoms with E-state index in [1.165, 1.54) is 30.6 Å². The van der Waals surface area contributed by atoms with Gasteiger partial charge in [-0.3, -0.25) is 9.69 Å². The highest BCUT2D eigenvalue weighted by atomic mass is 32.1. The molecule has 180 valence electrons. The number of aryl methyl sites for hydroxylation is 1. The molecule has 1 aliphatic rings. The second-order valence-corrected chi connectivity index (χ2v) is 9.57. The Morgan fingerprint density at radius 1 is 1.03 bits per heavy atom. The number of carboxylic acids is 1. The van der Waals surface area contributed by atoms with Crippen LogP contribution in [0.3, 0.4) is 0 Å². The summed E-state index contributed by atoms with van der Waals surface area (Å²) in [5.41, 5.74) is 3.60. The van der Waals surface area contributed by atoms with Crippen molar-refractivity contribution >= 4 is 50.2 Å². The highest BCUT2D eigenvalue weighted by molar-refractivity contribution is 7.21. The molecule has 35 heavy (non-hydrogen) atoms. The third-order valence-electron chi connectivity index (χ3n) is 5.85. The summed E-state index contributed by atoms with van der Waals surface area (Å²) in [5.74, 6) is 0.376. The van der Waals surface area contributed by atoms with Crippen LogP contribution in [0.2, 0.25) is 0 Å². The van der Waals surface area contributed by atoms with E-state index in [4.69, 9.17) is 10.1 Å². The van der Waals surface area contributed by atoms with Gasteiger partial charge in [-0.1, -0.05) is 29.9 Å². The van der Waals surface area contributed by atoms with Gasteiger partial charge < -0.3 is 15.7 Å². The molecule has 1 saturated heterocycles. The summed E-state index contributed by atoms with van der Waals surface area (Å²) < 4.78 is 0. The van der Waals surface area contributed by atoms with Gasteiger partial charge in [0.1, 0.15) is 16.2 Å². The fourth-order valence-corrected chi connectivity index (χ4v) is 4.93. The van der Waals surface area contributed by atoms with E-state index in [1.807, 2.05) is 42.5 Å². The molecule has 0 atom stereocenters. The van der Waals surface area contributed by atoms with Gasteiger partial charge in [0.05, 0.1) is 5.69 Å². The molecule has 1 fully saturated rings. The lowest BCUT2D eigenvalue weighted by Gasteiger charge is -2.26. The summed E-state index contributed by atoms with van der Waals surface area (Å²) in [7, 11) is 0. The van der Waals surface area contributed by atoms with Crippen LogP contribution in [0.15, 0.2) is 48.7 Å². The van der Waals surface area contributed by atoms with Gasteiger partial charge in [0.25, 0.3) is 0 Å². The Kier molecular flexibility index (Phi) is 7.10. The van der Waals surface area contributed by atoms with Gasteiger partial charge in [0.15, 0.2) is 5.13 Å². The normalized spacial score (nSPS) is 14.2. The molecule has 4 heterocycles. The van der Waals surface area contributed by atoms with E-state index in [0.29, 0.717) is 18.2 Å². The molecule has 10 heteroatoms. The highest BCUT2D eigenvalue weighted by Gasteiger charge is 2.14. The molecule has 0 amide bonds. The van der Waals surface area contributed by atoms with Crippen molar-refractivity contribution in [2.24, 2.45) is 0 Å². The molecule has 0 aliphatic carbocycles. The maximum Gasteiger partial charge on any atom is 0.303 e. The quantitative estimate of drug-likeness (QED) is 0.299. The van der Waals surface area contributed by atoms with Gasteiger partial charge in [-0.15, -0.1) is 0 Å². The first-order chi connectivity index (χ1) is 17.1. The van der Waals surface area contributed by atoms with Crippen LogP contribution in [-0.2, 0) is 17.8 Å². The number of aliphatic carboxylic acids is 1. The van der Waals surface area contributed by atoms with E-state index >= 15 is 0 Å². The third-order valence-corrected chi connectivity index (χ3v) is 6.75. The zero-order valence-corrected chi connectivity index (χ0v) is 20.1. The van der Waals surface area contributed by atoms with E-state index < -0.39 is 5.97 Å². The SMILES string of the molecule is O=C(O)CCc1ccc(Nc2nc(CN3CCCCC3)cc(Nc3nc4cccnc4s3)n2)cc1. The lowest BCUT2D eigenvalue weighted by atomic mass is 10.1. The van der Waals surface area contributed by atoms with Gasteiger partial charge in [0, 0.05) is 30.9 Å². The van der Waals surface area contributed by atoms with Crippen molar-refractivity contribution in [3.8, 4) is 0 Å². The molecule has 0 spiro atoms. The molecule has 1 aromatic carbocycles. The molecular formula is C25H27N7O2S. The predicted octanol–water partition coefficient (Wildman–Crippen LogP) is 4.97. The molecule has 3 N–H and O–H groups in total. The smallest absolute Gasteiger partial charge is 0.303 e. The van der Waals surface area contributed by atoms with Crippen molar-refractivity contribution in [1.29, 1.82) is 0 Å². The average molecular weight is 490 g/mol. The zero-order valence-electron chi connectivity index (χ0n) is 19.3. The Balaban J connectivity index is 1.37. The molecule has 9 nitrogen and oxygen atoms in total. The summed E-state index contributed by atoms with van der Waals surface area (Å²) in [6.45, 7) is 2.93. The lowest BCUT2D eigenvalue weighted by molar-refractivity contribution is -0.136. The van der Waals surface area contributed by atoms with Crippen LogP contribution in [0.25, 0.3) is 10.3 Å². The van der Waals surface area contributed by atoms with Crippen LogP contribution < -0.4 is 10.6 Å². The molecule has 0 radical (unpaired) electrons. The second kappa shape index (κ2) is 10.7. The van der Waals surface area contributed by atoms with Gasteiger partial charge in [-0.25, -0.2) is 15.0 Å². The van der Waals surface area contributed by atoms with E-state index in [1.54, 1.807) is 6.20 Å². The summed E-state index contributed by atoms with van der Waals surface area (Å²) in [6, 6.07) is 13.5. The average Bonchev–Trinajstić information content (AvgIpc) is 3.26. The number of benzene rings is 1. The van der Waals surface area contributed by atoms with Crippen molar-refractivity contribution < 1.29 is 9.90 Å². The number of nitrogens with zero attached hydrogens (tertiary/aromatic N) is 5. The van der Waals surface area contributed by atoms with Gasteiger partial charge in [-0.05, 0) is 62.2 Å². The van der Waals surface area contributed by atoms with Crippen molar-refractivity contribution in [1.82, 2.24) is 24.8 Å². The number of aromatic nitrogens is 4. The Morgan fingerprint density at radius 3 is 2.63 bits per heavy atom. The van der Waals surface area contributed by atoms with E-state index in [2.05, 4.69) is 30.5 Å². The van der Waals surface area contributed by atoms with Gasteiger partial charge in [0.2, 0.25) is 5.95 Å². The molecule has 0 unspecified atom stereocenters. The number of likely N-dealkylation sites (tertiary alicyclic amines) is 1. The number of fused-ring (bicyclic) bond motifs is 1. The first-order valence-electron chi connectivity index (χ1n) is 11.8. The topological polar surface area (TPSA) is 116 Å². The fourth-order valence-electron chi connectivity index (χ4n) is 4.11. The number of thiazole rings is 1. The van der Waals surface area contributed by atoms with Crippen LogP contribution in [-0.4, -0.2) is 49.0 Å². The minimum atomic E-state index is -0.796. The summed E-state index contributed by atoms with van der Waals surface area (Å²) in [4.78, 5) is 32.6. The number of pyridine rings is 1. The second-order valence-electron chi connectivity index (χ2n) is 8.59. The minimum Gasteiger partial charge on any atom is -0.481 e. The number of carbonyl (C=O) groups is 1. The number of nitrogens with one attached hydrogen (secondary N) is 2. The first-order valence-corrected chi connectivity index (χ1v) is 12.6. The minimum absolute atomic E-state index is 0.116. The zero-order chi connectivity index (χ0) is 24.0. The highest BCUT2D eigenvalue weighted by Crippen LogP contribution is 2.27. The standard InChI is InChI=1S/C25H27N7O2S/c33-22(34)11-8-17-6-9-18(10-7-17)27-24-28-19(16-32-13-2-1-3-14-32)15-21(30-24)31-25-29-20-5-4-12-26-23(20)35-25/h4-7,9-10,12,15H,1-3,8,11,13-14,16H2,(H,33,34)(H2,27,28,29,30,31). The van der Waals surface area contributed by atoms with E-state index in [0.717, 1.165) is 52.1 Å². The van der Waals surface area contributed by atoms with E-state index in [-0.39, 0.29) is 6.42 Å². The fraction of sp³-hybridized carbons (Fsp3) is 0.320. The Bertz CT molecular complexity index is 1270. The van der Waals surface area contributed by atoms with Crippen molar-refractivity contribution in [3.63, 3.8) is 0 Å².